The molecule has 0 aliphatic carbocycles. The number of nitrogens with zero attached hydrogens (tertiary/aromatic N) is 2. The second-order valence-electron chi connectivity index (χ2n) is 5.90. The van der Waals surface area contributed by atoms with E-state index in [-0.39, 0.29) is 5.75 Å². The van der Waals surface area contributed by atoms with Gasteiger partial charge in [-0.1, -0.05) is 19.1 Å². The van der Waals surface area contributed by atoms with Crippen LogP contribution < -0.4 is 4.74 Å². The lowest BCUT2D eigenvalue weighted by molar-refractivity contribution is 0.249. The molecular formula is C16H26N2O2. The van der Waals surface area contributed by atoms with E-state index in [1.54, 1.807) is 0 Å². The maximum absolute atomic E-state index is 10.3. The molecule has 1 aliphatic heterocycles. The van der Waals surface area contributed by atoms with Gasteiger partial charge in [-0.2, -0.15) is 0 Å². The number of hydrogen-bond acceptors (Lipinski definition) is 4. The summed E-state index contributed by atoms with van der Waals surface area (Å²) in [6.07, 6.45) is 0. The molecular weight excluding hydrogens is 252 g/mol. The van der Waals surface area contributed by atoms with Crippen LogP contribution in [0.1, 0.15) is 19.4 Å². The smallest absolute Gasteiger partial charge is 0.162 e. The second kappa shape index (κ2) is 6.46. The molecule has 1 saturated heterocycles. The molecule has 0 bridgehead atoms. The number of hydrogen-bond donors (Lipinski definition) is 1. The van der Waals surface area contributed by atoms with Crippen LogP contribution in [0.5, 0.6) is 11.5 Å². The molecule has 2 atom stereocenters. The van der Waals surface area contributed by atoms with E-state index in [1.807, 2.05) is 25.1 Å². The van der Waals surface area contributed by atoms with Crippen LogP contribution in [0.3, 0.4) is 0 Å². The predicted octanol–water partition coefficient (Wildman–Crippen LogP) is 2.17. The molecule has 2 rings (SSSR count). The Morgan fingerprint density at radius 2 is 2.10 bits per heavy atom. The highest BCUT2D eigenvalue weighted by Gasteiger charge is 2.31. The molecule has 1 aliphatic rings. The summed E-state index contributed by atoms with van der Waals surface area (Å²) in [6, 6.07) is 6.33. The fourth-order valence-electron chi connectivity index (χ4n) is 3.06. The van der Waals surface area contributed by atoms with Crippen molar-refractivity contribution in [2.75, 3.05) is 33.8 Å². The lowest BCUT2D eigenvalue weighted by Crippen LogP contribution is -2.34. The van der Waals surface area contributed by atoms with Crippen molar-refractivity contribution in [1.82, 2.24) is 9.80 Å². The van der Waals surface area contributed by atoms with Crippen LogP contribution in [0.4, 0.5) is 0 Å². The fourth-order valence-corrected chi connectivity index (χ4v) is 3.06. The first kappa shape index (κ1) is 15.1. The van der Waals surface area contributed by atoms with Crippen molar-refractivity contribution in [3.8, 4) is 11.5 Å². The van der Waals surface area contributed by atoms with E-state index < -0.39 is 0 Å². The number of ether oxygens (including phenoxy) is 1. The number of aromatic hydroxyl groups is 1. The van der Waals surface area contributed by atoms with E-state index in [1.165, 1.54) is 0 Å². The summed E-state index contributed by atoms with van der Waals surface area (Å²) in [5.41, 5.74) is 0.947. The SMILES string of the molecule is CCOc1cccc(CN2CC(C)C(N(C)C)C2)c1O. The minimum Gasteiger partial charge on any atom is -0.504 e. The van der Waals surface area contributed by atoms with Crippen LogP contribution >= 0.6 is 0 Å². The first-order valence-corrected chi connectivity index (χ1v) is 7.35. The van der Waals surface area contributed by atoms with E-state index in [9.17, 15) is 5.11 Å². The average Bonchev–Trinajstić information content (AvgIpc) is 2.76. The topological polar surface area (TPSA) is 35.9 Å². The zero-order valence-corrected chi connectivity index (χ0v) is 13.0. The van der Waals surface area contributed by atoms with E-state index >= 15 is 0 Å². The van der Waals surface area contributed by atoms with Gasteiger partial charge in [0, 0.05) is 31.2 Å². The van der Waals surface area contributed by atoms with Crippen molar-refractivity contribution < 1.29 is 9.84 Å². The third-order valence-corrected chi connectivity index (χ3v) is 4.09. The Labute approximate surface area is 122 Å². The Bertz CT molecular complexity index is 448. The van der Waals surface area contributed by atoms with Crippen LogP contribution in [0.25, 0.3) is 0 Å². The van der Waals surface area contributed by atoms with Crippen molar-refractivity contribution in [2.24, 2.45) is 5.92 Å². The molecule has 1 heterocycles. The standard InChI is InChI=1S/C16H26N2O2/c1-5-20-15-8-6-7-13(16(15)19)10-18-9-12(2)14(11-18)17(3)4/h6-8,12,14,19H,5,9-11H2,1-4H3. The summed E-state index contributed by atoms with van der Waals surface area (Å²) in [5, 5.41) is 10.3. The number of phenols is 1. The largest absolute Gasteiger partial charge is 0.504 e. The van der Waals surface area contributed by atoms with Crippen molar-refractivity contribution >= 4 is 0 Å². The molecule has 0 aromatic heterocycles. The van der Waals surface area contributed by atoms with Gasteiger partial charge in [0.15, 0.2) is 11.5 Å². The van der Waals surface area contributed by atoms with Crippen LogP contribution in [0.2, 0.25) is 0 Å². The molecule has 0 amide bonds. The monoisotopic (exact) mass is 278 g/mol. The van der Waals surface area contributed by atoms with Gasteiger partial charge in [0.25, 0.3) is 0 Å². The third-order valence-electron chi connectivity index (χ3n) is 4.09. The molecule has 112 valence electrons. The van der Waals surface area contributed by atoms with E-state index in [2.05, 4.69) is 30.8 Å². The minimum atomic E-state index is 0.287. The molecule has 20 heavy (non-hydrogen) atoms. The van der Waals surface area contributed by atoms with Crippen LogP contribution in [-0.2, 0) is 6.54 Å². The van der Waals surface area contributed by atoms with Gasteiger partial charge in [0.2, 0.25) is 0 Å². The maximum atomic E-state index is 10.3. The summed E-state index contributed by atoms with van der Waals surface area (Å²) in [7, 11) is 4.27. The maximum Gasteiger partial charge on any atom is 0.162 e. The third kappa shape index (κ3) is 3.25. The van der Waals surface area contributed by atoms with Gasteiger partial charge in [0.1, 0.15) is 0 Å². The number of likely N-dealkylation sites (N-methyl/N-ethyl adjacent to an activating group) is 1. The van der Waals surface area contributed by atoms with Gasteiger partial charge < -0.3 is 14.7 Å². The van der Waals surface area contributed by atoms with Crippen LogP contribution in [0, 0.1) is 5.92 Å². The molecule has 0 spiro atoms. The highest BCUT2D eigenvalue weighted by molar-refractivity contribution is 5.45. The van der Waals surface area contributed by atoms with E-state index in [0.717, 1.165) is 25.2 Å². The summed E-state index contributed by atoms with van der Waals surface area (Å²) < 4.78 is 5.45. The number of benzene rings is 1. The number of phenolic OH excluding ortho intramolecular Hbond substituents is 1. The number of rotatable bonds is 5. The van der Waals surface area contributed by atoms with Crippen molar-refractivity contribution in [1.29, 1.82) is 0 Å². The number of para-hydroxylation sites is 1. The Balaban J connectivity index is 2.06. The molecule has 4 heteroatoms. The Kier molecular flexibility index (Phi) is 4.89. The van der Waals surface area contributed by atoms with Gasteiger partial charge >= 0.3 is 0 Å². The Morgan fingerprint density at radius 1 is 1.35 bits per heavy atom. The van der Waals surface area contributed by atoms with E-state index in [4.69, 9.17) is 4.74 Å². The lowest BCUT2D eigenvalue weighted by Gasteiger charge is -2.22. The van der Waals surface area contributed by atoms with Crippen molar-refractivity contribution in [2.45, 2.75) is 26.4 Å². The zero-order valence-electron chi connectivity index (χ0n) is 13.0. The Morgan fingerprint density at radius 3 is 2.70 bits per heavy atom. The molecule has 0 saturated carbocycles. The first-order chi connectivity index (χ1) is 9.52. The van der Waals surface area contributed by atoms with Gasteiger partial charge in [0.05, 0.1) is 6.61 Å². The average molecular weight is 278 g/mol. The van der Waals surface area contributed by atoms with Crippen molar-refractivity contribution in [3.63, 3.8) is 0 Å². The predicted molar refractivity (Wildman–Crippen MR) is 81.2 cm³/mol. The van der Waals surface area contributed by atoms with Crippen molar-refractivity contribution in [3.05, 3.63) is 23.8 Å². The molecule has 0 radical (unpaired) electrons. The first-order valence-electron chi connectivity index (χ1n) is 7.35. The lowest BCUT2D eigenvalue weighted by atomic mass is 10.1. The molecule has 1 N–H and O–H groups in total. The van der Waals surface area contributed by atoms with Gasteiger partial charge in [-0.15, -0.1) is 0 Å². The van der Waals surface area contributed by atoms with Gasteiger partial charge in [-0.3, -0.25) is 4.90 Å². The number of likely N-dealkylation sites (tertiary alicyclic amines) is 1. The molecule has 1 aromatic carbocycles. The summed E-state index contributed by atoms with van der Waals surface area (Å²) >= 11 is 0. The quantitative estimate of drug-likeness (QED) is 0.895. The molecule has 1 fully saturated rings. The van der Waals surface area contributed by atoms with E-state index in [0.29, 0.717) is 24.3 Å². The highest BCUT2D eigenvalue weighted by atomic mass is 16.5. The van der Waals surface area contributed by atoms with Crippen LogP contribution in [-0.4, -0.2) is 54.7 Å². The highest BCUT2D eigenvalue weighted by Crippen LogP contribution is 2.32. The summed E-state index contributed by atoms with van der Waals surface area (Å²) in [6.45, 7) is 7.69. The zero-order chi connectivity index (χ0) is 14.7. The summed E-state index contributed by atoms with van der Waals surface area (Å²) in [5.74, 6) is 1.53. The van der Waals surface area contributed by atoms with Gasteiger partial charge in [-0.25, -0.2) is 0 Å². The second-order valence-corrected chi connectivity index (χ2v) is 5.90. The molecule has 2 unspecified atom stereocenters. The fraction of sp³-hybridized carbons (Fsp3) is 0.625. The minimum absolute atomic E-state index is 0.287. The molecule has 1 aromatic rings. The van der Waals surface area contributed by atoms with Crippen LogP contribution in [0.15, 0.2) is 18.2 Å². The Hall–Kier alpha value is -1.26. The summed E-state index contributed by atoms with van der Waals surface area (Å²) in [4.78, 5) is 4.70. The molecule has 4 nitrogen and oxygen atoms in total. The normalized spacial score (nSPS) is 23.4. The van der Waals surface area contributed by atoms with Gasteiger partial charge in [-0.05, 0) is 33.0 Å².